The van der Waals surface area contributed by atoms with Gasteiger partial charge in [-0.3, -0.25) is 4.79 Å². The van der Waals surface area contributed by atoms with Crippen LogP contribution in [0.5, 0.6) is 0 Å². The number of aliphatic hydroxyl groups excluding tert-OH is 1. The van der Waals surface area contributed by atoms with Crippen molar-refractivity contribution in [3.05, 3.63) is 53.5 Å². The summed E-state index contributed by atoms with van der Waals surface area (Å²) < 4.78 is 32.5. The van der Waals surface area contributed by atoms with Gasteiger partial charge in [0.15, 0.2) is 5.76 Å². The first kappa shape index (κ1) is 18.6. The maximum atomic E-state index is 12.4. The SMILES string of the molecule is CC(O)CCNS(=O)(=O)c1ccc2c(c1)CN(C(=O)c1ccco1)CC2. The molecule has 1 unspecified atom stereocenters. The molecule has 1 aliphatic rings. The zero-order chi connectivity index (χ0) is 18.7. The summed E-state index contributed by atoms with van der Waals surface area (Å²) in [5.41, 5.74) is 1.85. The fourth-order valence-corrected chi connectivity index (χ4v) is 4.01. The topological polar surface area (TPSA) is 99.9 Å². The average molecular weight is 378 g/mol. The van der Waals surface area contributed by atoms with Gasteiger partial charge in [0.25, 0.3) is 5.91 Å². The average Bonchev–Trinajstić information content (AvgIpc) is 3.14. The van der Waals surface area contributed by atoms with Crippen LogP contribution in [0, 0.1) is 0 Å². The number of hydrogen-bond donors (Lipinski definition) is 2. The molecule has 1 aromatic carbocycles. The molecule has 0 bridgehead atoms. The van der Waals surface area contributed by atoms with E-state index in [2.05, 4.69) is 4.72 Å². The summed E-state index contributed by atoms with van der Waals surface area (Å²) in [6.45, 7) is 2.68. The number of amides is 1. The molecule has 0 fully saturated rings. The summed E-state index contributed by atoms with van der Waals surface area (Å²) in [6.07, 6.45) is 1.89. The quantitative estimate of drug-likeness (QED) is 0.794. The van der Waals surface area contributed by atoms with E-state index in [9.17, 15) is 18.3 Å². The first-order chi connectivity index (χ1) is 12.4. The number of carbonyl (C=O) groups is 1. The zero-order valence-electron chi connectivity index (χ0n) is 14.5. The number of rotatable bonds is 6. The van der Waals surface area contributed by atoms with Crippen LogP contribution < -0.4 is 4.72 Å². The molecule has 26 heavy (non-hydrogen) atoms. The Balaban J connectivity index is 1.76. The monoisotopic (exact) mass is 378 g/mol. The lowest BCUT2D eigenvalue weighted by Crippen LogP contribution is -2.36. The molecule has 8 heteroatoms. The van der Waals surface area contributed by atoms with Gasteiger partial charge in [0.05, 0.1) is 17.3 Å². The highest BCUT2D eigenvalue weighted by Gasteiger charge is 2.25. The van der Waals surface area contributed by atoms with E-state index in [1.807, 2.05) is 0 Å². The molecule has 2 heterocycles. The summed E-state index contributed by atoms with van der Waals surface area (Å²) in [4.78, 5) is 14.2. The molecule has 1 amide bonds. The second kappa shape index (κ2) is 7.61. The Kier molecular flexibility index (Phi) is 5.45. The maximum Gasteiger partial charge on any atom is 0.289 e. The Morgan fingerprint density at radius 1 is 1.35 bits per heavy atom. The van der Waals surface area contributed by atoms with Crippen LogP contribution in [-0.2, 0) is 23.0 Å². The zero-order valence-corrected chi connectivity index (χ0v) is 15.3. The Labute approximate surface area is 152 Å². The number of fused-ring (bicyclic) bond motifs is 1. The van der Waals surface area contributed by atoms with Crippen molar-refractivity contribution < 1.29 is 22.7 Å². The van der Waals surface area contributed by atoms with Crippen molar-refractivity contribution in [2.75, 3.05) is 13.1 Å². The molecule has 0 radical (unpaired) electrons. The molecule has 0 aliphatic carbocycles. The maximum absolute atomic E-state index is 12.4. The number of nitrogens with one attached hydrogen (secondary N) is 1. The number of benzene rings is 1. The van der Waals surface area contributed by atoms with Gasteiger partial charge >= 0.3 is 0 Å². The second-order valence-corrected chi connectivity index (χ2v) is 8.19. The van der Waals surface area contributed by atoms with Gasteiger partial charge in [-0.1, -0.05) is 6.07 Å². The van der Waals surface area contributed by atoms with Gasteiger partial charge in [-0.2, -0.15) is 0 Å². The van der Waals surface area contributed by atoms with Gasteiger partial charge in [-0.25, -0.2) is 13.1 Å². The van der Waals surface area contributed by atoms with E-state index >= 15 is 0 Å². The lowest BCUT2D eigenvalue weighted by Gasteiger charge is -2.28. The van der Waals surface area contributed by atoms with Crippen LogP contribution in [0.2, 0.25) is 0 Å². The van der Waals surface area contributed by atoms with Crippen molar-refractivity contribution in [1.29, 1.82) is 0 Å². The fourth-order valence-electron chi connectivity index (χ4n) is 2.92. The lowest BCUT2D eigenvalue weighted by molar-refractivity contribution is 0.0702. The molecule has 140 valence electrons. The van der Waals surface area contributed by atoms with Crippen molar-refractivity contribution in [2.24, 2.45) is 0 Å². The molecule has 2 aromatic rings. The molecule has 1 aromatic heterocycles. The summed E-state index contributed by atoms with van der Waals surface area (Å²) in [7, 11) is -3.65. The van der Waals surface area contributed by atoms with Gasteiger partial charge in [-0.15, -0.1) is 0 Å². The van der Waals surface area contributed by atoms with E-state index in [4.69, 9.17) is 4.42 Å². The van der Waals surface area contributed by atoms with Crippen LogP contribution >= 0.6 is 0 Å². The Bertz CT molecular complexity index is 875. The van der Waals surface area contributed by atoms with Crippen molar-refractivity contribution in [3.8, 4) is 0 Å². The highest BCUT2D eigenvalue weighted by atomic mass is 32.2. The summed E-state index contributed by atoms with van der Waals surface area (Å²) in [5, 5.41) is 9.26. The minimum atomic E-state index is -3.65. The van der Waals surface area contributed by atoms with Gasteiger partial charge in [-0.05, 0) is 55.2 Å². The van der Waals surface area contributed by atoms with Crippen molar-refractivity contribution >= 4 is 15.9 Å². The molecule has 0 spiro atoms. The standard InChI is InChI=1S/C18H22N2O5S/c1-13(21)6-8-19-26(23,24)16-5-4-14-7-9-20(12-15(14)11-16)18(22)17-3-2-10-25-17/h2-5,10-11,13,19,21H,6-9,12H2,1H3. The van der Waals surface area contributed by atoms with E-state index in [1.54, 1.807) is 42.2 Å². The number of nitrogens with zero attached hydrogens (tertiary/aromatic N) is 1. The van der Waals surface area contributed by atoms with Crippen LogP contribution in [0.25, 0.3) is 0 Å². The smallest absolute Gasteiger partial charge is 0.289 e. The van der Waals surface area contributed by atoms with Gasteiger partial charge in [0, 0.05) is 19.6 Å². The van der Waals surface area contributed by atoms with E-state index in [0.29, 0.717) is 25.9 Å². The molecular weight excluding hydrogens is 356 g/mol. The number of carbonyl (C=O) groups excluding carboxylic acids is 1. The summed E-state index contributed by atoms with van der Waals surface area (Å²) >= 11 is 0. The van der Waals surface area contributed by atoms with Crippen LogP contribution in [0.4, 0.5) is 0 Å². The van der Waals surface area contributed by atoms with Gasteiger partial charge in [0.2, 0.25) is 10.0 Å². The minimum Gasteiger partial charge on any atom is -0.459 e. The molecule has 0 saturated heterocycles. The molecule has 1 aliphatic heterocycles. The Morgan fingerprint density at radius 3 is 2.85 bits per heavy atom. The van der Waals surface area contributed by atoms with Crippen LogP contribution in [0.15, 0.2) is 45.9 Å². The van der Waals surface area contributed by atoms with Crippen molar-refractivity contribution in [3.63, 3.8) is 0 Å². The number of sulfonamides is 1. The molecular formula is C18H22N2O5S. The van der Waals surface area contributed by atoms with E-state index in [-0.39, 0.29) is 23.1 Å². The summed E-state index contributed by atoms with van der Waals surface area (Å²) in [5.74, 6) is 0.0704. The highest BCUT2D eigenvalue weighted by molar-refractivity contribution is 7.89. The van der Waals surface area contributed by atoms with Crippen LogP contribution in [0.3, 0.4) is 0 Å². The molecule has 2 N–H and O–H groups in total. The van der Waals surface area contributed by atoms with Crippen molar-refractivity contribution in [1.82, 2.24) is 9.62 Å². The molecule has 0 saturated carbocycles. The van der Waals surface area contributed by atoms with E-state index < -0.39 is 16.1 Å². The first-order valence-electron chi connectivity index (χ1n) is 8.49. The van der Waals surface area contributed by atoms with Crippen LogP contribution in [-0.4, -0.2) is 43.5 Å². The predicted octanol–water partition coefficient (Wildman–Crippen LogP) is 1.53. The van der Waals surface area contributed by atoms with E-state index in [0.717, 1.165) is 11.1 Å². The van der Waals surface area contributed by atoms with Gasteiger partial charge < -0.3 is 14.4 Å². The van der Waals surface area contributed by atoms with E-state index in [1.165, 1.54) is 6.26 Å². The number of hydrogen-bond acceptors (Lipinski definition) is 5. The highest BCUT2D eigenvalue weighted by Crippen LogP contribution is 2.24. The van der Waals surface area contributed by atoms with Gasteiger partial charge in [0.1, 0.15) is 0 Å². The third-order valence-corrected chi connectivity index (χ3v) is 5.83. The van der Waals surface area contributed by atoms with Crippen LogP contribution in [0.1, 0.15) is 35.0 Å². The molecule has 7 nitrogen and oxygen atoms in total. The second-order valence-electron chi connectivity index (χ2n) is 6.42. The first-order valence-corrected chi connectivity index (χ1v) is 9.97. The summed E-state index contributed by atoms with van der Waals surface area (Å²) in [6, 6.07) is 8.27. The largest absolute Gasteiger partial charge is 0.459 e. The lowest BCUT2D eigenvalue weighted by atomic mass is 10.00. The Morgan fingerprint density at radius 2 is 2.15 bits per heavy atom. The van der Waals surface area contributed by atoms with Crippen molar-refractivity contribution in [2.45, 2.75) is 37.3 Å². The third kappa shape index (κ3) is 4.14. The Hall–Kier alpha value is -2.16. The molecule has 1 atom stereocenters. The predicted molar refractivity (Wildman–Crippen MR) is 95.1 cm³/mol. The fraction of sp³-hybridized carbons (Fsp3) is 0.389. The minimum absolute atomic E-state index is 0.161. The number of aliphatic hydroxyl groups is 1. The third-order valence-electron chi connectivity index (χ3n) is 4.37. The number of furan rings is 1. The normalized spacial score (nSPS) is 15.5. The molecule has 3 rings (SSSR count).